The SMILES string of the molecule is NS(=O)(=O)c1ccc(Nc2ncnc3sc(-c4ccccc4)cc23)cc1. The number of sulfonamides is 1. The van der Waals surface area contributed by atoms with Gasteiger partial charge in [0.25, 0.3) is 0 Å². The first-order valence-electron chi connectivity index (χ1n) is 7.70. The molecule has 0 aliphatic heterocycles. The lowest BCUT2D eigenvalue weighted by molar-refractivity contribution is 0.598. The summed E-state index contributed by atoms with van der Waals surface area (Å²) in [6, 6.07) is 18.4. The van der Waals surface area contributed by atoms with E-state index >= 15 is 0 Å². The number of nitrogens with one attached hydrogen (secondary N) is 1. The zero-order valence-corrected chi connectivity index (χ0v) is 15.1. The van der Waals surface area contributed by atoms with Gasteiger partial charge in [-0.05, 0) is 35.9 Å². The van der Waals surface area contributed by atoms with Crippen LogP contribution in [0.15, 0.2) is 71.9 Å². The number of benzene rings is 2. The number of hydrogen-bond donors (Lipinski definition) is 2. The maximum Gasteiger partial charge on any atom is 0.238 e. The van der Waals surface area contributed by atoms with Crippen LogP contribution in [-0.4, -0.2) is 18.4 Å². The van der Waals surface area contributed by atoms with Crippen molar-refractivity contribution >= 4 is 43.1 Å². The van der Waals surface area contributed by atoms with Crippen LogP contribution in [0, 0.1) is 0 Å². The maximum absolute atomic E-state index is 11.4. The van der Waals surface area contributed by atoms with Crippen LogP contribution in [-0.2, 0) is 10.0 Å². The molecule has 0 aliphatic carbocycles. The molecule has 0 atom stereocenters. The third-order valence-electron chi connectivity index (χ3n) is 3.83. The second-order valence-electron chi connectivity index (χ2n) is 5.61. The van der Waals surface area contributed by atoms with Gasteiger partial charge in [0, 0.05) is 10.6 Å². The number of nitrogens with two attached hydrogens (primary N) is 1. The lowest BCUT2D eigenvalue weighted by Crippen LogP contribution is -2.11. The first-order valence-corrected chi connectivity index (χ1v) is 10.1. The van der Waals surface area contributed by atoms with Crippen LogP contribution in [0.25, 0.3) is 20.7 Å². The van der Waals surface area contributed by atoms with E-state index in [0.717, 1.165) is 20.7 Å². The van der Waals surface area contributed by atoms with E-state index < -0.39 is 10.0 Å². The van der Waals surface area contributed by atoms with Crippen LogP contribution in [0.5, 0.6) is 0 Å². The Morgan fingerprint density at radius 1 is 0.962 bits per heavy atom. The highest BCUT2D eigenvalue weighted by Gasteiger charge is 2.11. The molecule has 3 N–H and O–H groups in total. The quantitative estimate of drug-likeness (QED) is 0.560. The number of thiophene rings is 1. The number of anilines is 2. The topological polar surface area (TPSA) is 98.0 Å². The molecule has 6 nitrogen and oxygen atoms in total. The first-order chi connectivity index (χ1) is 12.5. The second-order valence-corrected chi connectivity index (χ2v) is 8.20. The van der Waals surface area contributed by atoms with Gasteiger partial charge < -0.3 is 5.32 Å². The van der Waals surface area contributed by atoms with Crippen molar-refractivity contribution in [3.63, 3.8) is 0 Å². The van der Waals surface area contributed by atoms with Gasteiger partial charge in [-0.2, -0.15) is 0 Å². The van der Waals surface area contributed by atoms with Gasteiger partial charge in [0.2, 0.25) is 10.0 Å². The Labute approximate surface area is 154 Å². The average molecular weight is 382 g/mol. The molecule has 26 heavy (non-hydrogen) atoms. The zero-order valence-electron chi connectivity index (χ0n) is 13.5. The van der Waals surface area contributed by atoms with Crippen molar-refractivity contribution in [2.24, 2.45) is 5.14 Å². The van der Waals surface area contributed by atoms with Gasteiger partial charge in [0.05, 0.1) is 10.3 Å². The van der Waals surface area contributed by atoms with E-state index in [1.807, 2.05) is 18.2 Å². The molecule has 2 heterocycles. The third kappa shape index (κ3) is 3.30. The molecule has 0 bridgehead atoms. The van der Waals surface area contributed by atoms with E-state index in [4.69, 9.17) is 5.14 Å². The lowest BCUT2D eigenvalue weighted by atomic mass is 10.2. The number of rotatable bonds is 4. The lowest BCUT2D eigenvalue weighted by Gasteiger charge is -2.07. The Balaban J connectivity index is 1.70. The third-order valence-corrected chi connectivity index (χ3v) is 5.85. The predicted octanol–water partition coefficient (Wildman–Crippen LogP) is 3.75. The Kier molecular flexibility index (Phi) is 4.15. The van der Waals surface area contributed by atoms with E-state index in [1.165, 1.54) is 18.5 Å². The maximum atomic E-state index is 11.4. The van der Waals surface area contributed by atoms with Crippen molar-refractivity contribution in [2.75, 3.05) is 5.32 Å². The predicted molar refractivity (Wildman–Crippen MR) is 104 cm³/mol. The molecule has 0 aliphatic rings. The molecule has 4 aromatic rings. The van der Waals surface area contributed by atoms with Gasteiger partial charge >= 0.3 is 0 Å². The molecule has 0 saturated heterocycles. The highest BCUT2D eigenvalue weighted by Crippen LogP contribution is 2.35. The summed E-state index contributed by atoms with van der Waals surface area (Å²) in [5.41, 5.74) is 1.84. The molecule has 0 amide bonds. The Morgan fingerprint density at radius 2 is 1.69 bits per heavy atom. The van der Waals surface area contributed by atoms with E-state index in [9.17, 15) is 8.42 Å². The summed E-state index contributed by atoms with van der Waals surface area (Å²) in [7, 11) is -3.71. The van der Waals surface area contributed by atoms with Crippen molar-refractivity contribution in [1.29, 1.82) is 0 Å². The summed E-state index contributed by atoms with van der Waals surface area (Å²) >= 11 is 1.59. The van der Waals surface area contributed by atoms with Gasteiger partial charge in [-0.25, -0.2) is 23.5 Å². The fourth-order valence-corrected chi connectivity index (χ4v) is 4.08. The van der Waals surface area contributed by atoms with Gasteiger partial charge in [-0.3, -0.25) is 0 Å². The van der Waals surface area contributed by atoms with E-state index in [0.29, 0.717) is 11.5 Å². The van der Waals surface area contributed by atoms with Crippen molar-refractivity contribution in [3.05, 3.63) is 67.0 Å². The van der Waals surface area contributed by atoms with Crippen molar-refractivity contribution < 1.29 is 8.42 Å². The number of aromatic nitrogens is 2. The van der Waals surface area contributed by atoms with E-state index in [-0.39, 0.29) is 4.90 Å². The van der Waals surface area contributed by atoms with Crippen LogP contribution < -0.4 is 10.5 Å². The molecular weight excluding hydrogens is 368 g/mol. The van der Waals surface area contributed by atoms with Crippen molar-refractivity contribution in [2.45, 2.75) is 4.90 Å². The second kappa shape index (κ2) is 6.49. The van der Waals surface area contributed by atoms with Crippen LogP contribution in [0.1, 0.15) is 0 Å². The largest absolute Gasteiger partial charge is 0.340 e. The van der Waals surface area contributed by atoms with Crippen LogP contribution in [0.2, 0.25) is 0 Å². The van der Waals surface area contributed by atoms with Gasteiger partial charge in [0.15, 0.2) is 0 Å². The molecular formula is C18H14N4O2S2. The molecule has 0 saturated carbocycles. The smallest absolute Gasteiger partial charge is 0.238 e. The molecule has 0 radical (unpaired) electrons. The Bertz CT molecular complexity index is 1170. The molecule has 130 valence electrons. The molecule has 4 rings (SSSR count). The van der Waals surface area contributed by atoms with E-state index in [1.54, 1.807) is 23.5 Å². The minimum atomic E-state index is -3.71. The highest BCUT2D eigenvalue weighted by atomic mass is 32.2. The normalized spacial score (nSPS) is 11.6. The molecule has 0 unspecified atom stereocenters. The molecule has 2 aromatic carbocycles. The van der Waals surface area contributed by atoms with Crippen LogP contribution in [0.3, 0.4) is 0 Å². The van der Waals surface area contributed by atoms with Crippen LogP contribution >= 0.6 is 11.3 Å². The van der Waals surface area contributed by atoms with Gasteiger partial charge in [0.1, 0.15) is 17.0 Å². The first kappa shape index (κ1) is 16.6. The minimum Gasteiger partial charge on any atom is -0.340 e. The standard InChI is InChI=1S/C18H14N4O2S2/c19-26(23,24)14-8-6-13(7-9-14)22-17-15-10-16(12-4-2-1-3-5-12)25-18(15)21-11-20-17/h1-11H,(H2,19,23,24)(H,20,21,22). The number of nitrogens with zero attached hydrogens (tertiary/aromatic N) is 2. The number of fused-ring (bicyclic) bond motifs is 1. The summed E-state index contributed by atoms with van der Waals surface area (Å²) < 4.78 is 22.7. The zero-order chi connectivity index (χ0) is 18.1. The molecule has 8 heteroatoms. The fourth-order valence-electron chi connectivity index (χ4n) is 2.56. The van der Waals surface area contributed by atoms with Gasteiger partial charge in [-0.1, -0.05) is 30.3 Å². The Hall–Kier alpha value is -2.81. The average Bonchev–Trinajstić information content (AvgIpc) is 3.08. The monoisotopic (exact) mass is 382 g/mol. The van der Waals surface area contributed by atoms with Crippen molar-refractivity contribution in [1.82, 2.24) is 9.97 Å². The number of hydrogen-bond acceptors (Lipinski definition) is 6. The number of primary sulfonamides is 1. The summed E-state index contributed by atoms with van der Waals surface area (Å²) in [6.45, 7) is 0. The molecule has 0 fully saturated rings. The molecule has 0 spiro atoms. The fraction of sp³-hybridized carbons (Fsp3) is 0. The van der Waals surface area contributed by atoms with Gasteiger partial charge in [-0.15, -0.1) is 11.3 Å². The minimum absolute atomic E-state index is 0.0674. The highest BCUT2D eigenvalue weighted by molar-refractivity contribution is 7.89. The summed E-state index contributed by atoms with van der Waals surface area (Å²) in [6.07, 6.45) is 1.51. The molecule has 2 aromatic heterocycles. The van der Waals surface area contributed by atoms with E-state index in [2.05, 4.69) is 33.5 Å². The van der Waals surface area contributed by atoms with Crippen molar-refractivity contribution in [3.8, 4) is 10.4 Å². The summed E-state index contributed by atoms with van der Waals surface area (Å²) in [5, 5.41) is 9.24. The van der Waals surface area contributed by atoms with Crippen LogP contribution in [0.4, 0.5) is 11.5 Å². The summed E-state index contributed by atoms with van der Waals surface area (Å²) in [5.74, 6) is 0.664. The summed E-state index contributed by atoms with van der Waals surface area (Å²) in [4.78, 5) is 10.7. The Morgan fingerprint density at radius 3 is 2.38 bits per heavy atom.